The van der Waals surface area contributed by atoms with E-state index >= 15 is 0 Å². The quantitative estimate of drug-likeness (QED) is 0.383. The number of benzene rings is 1. The van der Waals surface area contributed by atoms with Gasteiger partial charge in [0.2, 0.25) is 0 Å². The van der Waals surface area contributed by atoms with Crippen molar-refractivity contribution in [1.82, 2.24) is 0 Å². The maximum absolute atomic E-state index is 13.0. The molecule has 0 radical (unpaired) electrons. The third-order valence-corrected chi connectivity index (χ3v) is 2.04. The first-order chi connectivity index (χ1) is 6.15. The second-order valence-electron chi connectivity index (χ2n) is 2.18. The van der Waals surface area contributed by atoms with E-state index in [-0.39, 0.29) is 15.9 Å². The first kappa shape index (κ1) is 10.5. The molecule has 0 aliphatic heterocycles. The van der Waals surface area contributed by atoms with Crippen molar-refractivity contribution in [2.45, 2.75) is 0 Å². The summed E-state index contributed by atoms with van der Waals surface area (Å²) in [6.45, 7) is 0. The summed E-state index contributed by atoms with van der Waals surface area (Å²) in [7, 11) is 0. The highest BCUT2D eigenvalue weighted by molar-refractivity contribution is 9.10. The Morgan fingerprint density at radius 3 is 2.62 bits per heavy atom. The number of alkyl halides is 1. The molecule has 0 aliphatic carbocycles. The summed E-state index contributed by atoms with van der Waals surface area (Å²) in [6.07, 6.45) is 0. The highest BCUT2D eigenvalue weighted by atomic mass is 79.9. The van der Waals surface area contributed by atoms with Crippen LogP contribution in [0, 0.1) is 23.5 Å². The summed E-state index contributed by atoms with van der Waals surface area (Å²) in [4.78, 5) is 0. The molecule has 0 nitrogen and oxygen atoms in total. The molecule has 0 aliphatic rings. The molecule has 0 aromatic heterocycles. The average Bonchev–Trinajstić information content (AvgIpc) is 2.09. The second-order valence-corrected chi connectivity index (χ2v) is 3.30. The molecule has 0 N–H and O–H groups in total. The van der Waals surface area contributed by atoms with Crippen LogP contribution >= 0.6 is 27.5 Å². The van der Waals surface area contributed by atoms with E-state index in [4.69, 9.17) is 11.6 Å². The van der Waals surface area contributed by atoms with Gasteiger partial charge in [-0.1, -0.05) is 11.8 Å². The number of rotatable bonds is 0. The van der Waals surface area contributed by atoms with Crippen molar-refractivity contribution in [3.63, 3.8) is 0 Å². The molecule has 0 spiro atoms. The fourth-order valence-corrected chi connectivity index (χ4v) is 1.13. The lowest BCUT2D eigenvalue weighted by Gasteiger charge is -1.97. The van der Waals surface area contributed by atoms with Crippen LogP contribution in [0.5, 0.6) is 0 Å². The van der Waals surface area contributed by atoms with Crippen molar-refractivity contribution in [3.8, 4) is 11.8 Å². The minimum Gasteiger partial charge on any atom is -0.206 e. The molecule has 0 atom stereocenters. The van der Waals surface area contributed by atoms with Gasteiger partial charge >= 0.3 is 0 Å². The van der Waals surface area contributed by atoms with Crippen LogP contribution in [-0.4, -0.2) is 5.88 Å². The Hall–Kier alpha value is -0.590. The summed E-state index contributed by atoms with van der Waals surface area (Å²) in [5.74, 6) is 3.85. The van der Waals surface area contributed by atoms with Gasteiger partial charge in [0.05, 0.1) is 15.9 Å². The van der Waals surface area contributed by atoms with Gasteiger partial charge in [0.1, 0.15) is 11.6 Å². The Labute approximate surface area is 88.0 Å². The van der Waals surface area contributed by atoms with Gasteiger partial charge in [-0.2, -0.15) is 0 Å². The normalized spacial score (nSPS) is 9.23. The maximum atomic E-state index is 13.0. The molecule has 4 heteroatoms. The molecule has 0 unspecified atom stereocenters. The van der Waals surface area contributed by atoms with Crippen molar-refractivity contribution in [3.05, 3.63) is 33.8 Å². The lowest BCUT2D eigenvalue weighted by atomic mass is 10.2. The van der Waals surface area contributed by atoms with Crippen LogP contribution in [0.1, 0.15) is 5.56 Å². The Kier molecular flexibility index (Phi) is 3.71. The first-order valence-electron chi connectivity index (χ1n) is 3.34. The lowest BCUT2D eigenvalue weighted by Crippen LogP contribution is -1.87. The van der Waals surface area contributed by atoms with E-state index in [1.165, 1.54) is 0 Å². The largest absolute Gasteiger partial charge is 0.206 e. The molecule has 0 saturated carbocycles. The second kappa shape index (κ2) is 4.59. The average molecular weight is 265 g/mol. The minimum atomic E-state index is -0.564. The van der Waals surface area contributed by atoms with Gasteiger partial charge in [-0.25, -0.2) is 8.78 Å². The van der Waals surface area contributed by atoms with Gasteiger partial charge in [0.25, 0.3) is 0 Å². The summed E-state index contributed by atoms with van der Waals surface area (Å²) in [5, 5.41) is 0. The van der Waals surface area contributed by atoms with Crippen LogP contribution in [0.15, 0.2) is 16.6 Å². The van der Waals surface area contributed by atoms with E-state index in [2.05, 4.69) is 27.8 Å². The molecule has 1 aromatic carbocycles. The number of hydrogen-bond acceptors (Lipinski definition) is 0. The smallest absolute Gasteiger partial charge is 0.140 e. The van der Waals surface area contributed by atoms with E-state index in [9.17, 15) is 8.78 Å². The van der Waals surface area contributed by atoms with Crippen LogP contribution in [0.4, 0.5) is 8.78 Å². The topological polar surface area (TPSA) is 0 Å². The van der Waals surface area contributed by atoms with Crippen LogP contribution < -0.4 is 0 Å². The monoisotopic (exact) mass is 264 g/mol. The molecule has 13 heavy (non-hydrogen) atoms. The van der Waals surface area contributed by atoms with Gasteiger partial charge in [0.15, 0.2) is 0 Å². The molecule has 1 rings (SSSR count). The van der Waals surface area contributed by atoms with Crippen LogP contribution in [0.2, 0.25) is 0 Å². The fraction of sp³-hybridized carbons (Fsp3) is 0.111. The van der Waals surface area contributed by atoms with E-state index in [0.717, 1.165) is 12.1 Å². The van der Waals surface area contributed by atoms with Gasteiger partial charge in [-0.15, -0.1) is 11.6 Å². The van der Waals surface area contributed by atoms with E-state index in [1.807, 2.05) is 0 Å². The zero-order valence-electron chi connectivity index (χ0n) is 6.37. The van der Waals surface area contributed by atoms with Gasteiger partial charge < -0.3 is 0 Å². The van der Waals surface area contributed by atoms with E-state index < -0.39 is 11.6 Å². The third-order valence-electron chi connectivity index (χ3n) is 1.30. The predicted octanol–water partition coefficient (Wildman–Crippen LogP) is 3.32. The maximum Gasteiger partial charge on any atom is 0.140 e. The zero-order valence-corrected chi connectivity index (χ0v) is 8.72. The number of halogens is 4. The standard InChI is InChI=1S/C9H4BrClF2/c10-7-5-8(12)6(2-1-3-11)4-9(7)13/h4-5H,3H2. The molecule has 0 bridgehead atoms. The summed E-state index contributed by atoms with van der Waals surface area (Å²) >= 11 is 8.13. The molecule has 0 fully saturated rings. The molecule has 0 amide bonds. The minimum absolute atomic E-state index is 0.0151. The SMILES string of the molecule is Fc1cc(C#CCCl)c(F)cc1Br. The highest BCUT2D eigenvalue weighted by Crippen LogP contribution is 2.19. The van der Waals surface area contributed by atoms with Crippen LogP contribution in [-0.2, 0) is 0 Å². The van der Waals surface area contributed by atoms with Crippen LogP contribution in [0.3, 0.4) is 0 Å². The Bertz CT molecular complexity index is 379. The van der Waals surface area contributed by atoms with E-state index in [0.29, 0.717) is 0 Å². The predicted molar refractivity (Wildman–Crippen MR) is 51.7 cm³/mol. The van der Waals surface area contributed by atoms with Crippen molar-refractivity contribution in [2.24, 2.45) is 0 Å². The molecule has 0 heterocycles. The summed E-state index contributed by atoms with van der Waals surface area (Å²) < 4.78 is 26.0. The van der Waals surface area contributed by atoms with E-state index in [1.54, 1.807) is 0 Å². The lowest BCUT2D eigenvalue weighted by molar-refractivity contribution is 0.592. The zero-order chi connectivity index (χ0) is 9.84. The third kappa shape index (κ3) is 2.68. The summed E-state index contributed by atoms with van der Waals surface area (Å²) in [6, 6.07) is 2.06. The van der Waals surface area contributed by atoms with Gasteiger partial charge in [-0.3, -0.25) is 0 Å². The van der Waals surface area contributed by atoms with Crippen molar-refractivity contribution in [2.75, 3.05) is 5.88 Å². The fourth-order valence-electron chi connectivity index (χ4n) is 0.747. The van der Waals surface area contributed by atoms with Crippen molar-refractivity contribution >= 4 is 27.5 Å². The molecular formula is C9H4BrClF2. The highest BCUT2D eigenvalue weighted by Gasteiger charge is 2.05. The van der Waals surface area contributed by atoms with Crippen LogP contribution in [0.25, 0.3) is 0 Å². The molecule has 68 valence electrons. The van der Waals surface area contributed by atoms with Crippen molar-refractivity contribution in [1.29, 1.82) is 0 Å². The van der Waals surface area contributed by atoms with Crippen molar-refractivity contribution < 1.29 is 8.78 Å². The Morgan fingerprint density at radius 1 is 1.31 bits per heavy atom. The summed E-state index contributed by atoms with van der Waals surface area (Å²) in [5.41, 5.74) is 0.0151. The van der Waals surface area contributed by atoms with Gasteiger partial charge in [-0.05, 0) is 28.1 Å². The molecule has 1 aromatic rings. The molecule has 0 saturated heterocycles. The Morgan fingerprint density at radius 2 is 2.00 bits per heavy atom. The number of hydrogen-bond donors (Lipinski definition) is 0. The first-order valence-corrected chi connectivity index (χ1v) is 4.67. The van der Waals surface area contributed by atoms with Gasteiger partial charge in [0, 0.05) is 0 Å². The Balaban J connectivity index is 3.16. The molecular weight excluding hydrogens is 261 g/mol.